The van der Waals surface area contributed by atoms with E-state index in [0.717, 1.165) is 6.07 Å². The topological polar surface area (TPSA) is 93.2 Å². The Kier molecular flexibility index (Phi) is 5.15. The van der Waals surface area contributed by atoms with E-state index in [1.165, 1.54) is 13.0 Å². The highest BCUT2D eigenvalue weighted by Gasteiger charge is 2.32. The zero-order chi connectivity index (χ0) is 16.2. The number of benzene rings is 1. The maximum atomic E-state index is 12.3. The first-order valence-electron chi connectivity index (χ1n) is 5.35. The Bertz CT molecular complexity index is 625. The molecule has 0 heterocycles. The SMILES string of the molecule is CCOC(=O)c1cc(SC(F)(F)F)cc([N+](=O)[O-])c1C#N. The number of thioether (sulfide) groups is 1. The number of carbonyl (C=O) groups excluding carboxylic acids is 1. The molecule has 0 amide bonds. The molecule has 0 unspecified atom stereocenters. The van der Waals surface area contributed by atoms with Gasteiger partial charge in [-0.3, -0.25) is 10.1 Å². The van der Waals surface area contributed by atoms with Crippen molar-refractivity contribution in [3.05, 3.63) is 33.4 Å². The number of rotatable bonds is 4. The summed E-state index contributed by atoms with van der Waals surface area (Å²) in [5.41, 5.74) is -6.77. The van der Waals surface area contributed by atoms with Crippen molar-refractivity contribution >= 4 is 23.4 Å². The summed E-state index contributed by atoms with van der Waals surface area (Å²) in [6.45, 7) is 1.36. The second kappa shape index (κ2) is 6.45. The average Bonchev–Trinajstić information content (AvgIpc) is 2.35. The lowest BCUT2D eigenvalue weighted by molar-refractivity contribution is -0.385. The lowest BCUT2D eigenvalue weighted by Crippen LogP contribution is -2.10. The van der Waals surface area contributed by atoms with E-state index < -0.39 is 49.9 Å². The van der Waals surface area contributed by atoms with Crippen LogP contribution in [-0.2, 0) is 4.74 Å². The standard InChI is InChI=1S/C11H7F3N2O4S/c1-2-20-10(17)7-3-6(21-11(12,13)14)4-9(16(18)19)8(7)5-15/h3-4H,2H2,1H3. The summed E-state index contributed by atoms with van der Waals surface area (Å²) < 4.78 is 41.6. The highest BCUT2D eigenvalue weighted by molar-refractivity contribution is 8.00. The molecule has 0 saturated heterocycles. The summed E-state index contributed by atoms with van der Waals surface area (Å²) in [6, 6.07) is 2.79. The molecule has 0 aromatic heterocycles. The van der Waals surface area contributed by atoms with Gasteiger partial charge in [0.2, 0.25) is 0 Å². The highest BCUT2D eigenvalue weighted by Crippen LogP contribution is 2.39. The Morgan fingerprint density at radius 1 is 1.52 bits per heavy atom. The summed E-state index contributed by atoms with van der Waals surface area (Å²) in [5.74, 6) is -1.10. The molecule has 21 heavy (non-hydrogen) atoms. The lowest BCUT2D eigenvalue weighted by atomic mass is 10.1. The fourth-order valence-electron chi connectivity index (χ4n) is 1.42. The second-order valence-corrected chi connectivity index (χ2v) is 4.64. The van der Waals surface area contributed by atoms with Crippen LogP contribution in [0, 0.1) is 21.4 Å². The zero-order valence-corrected chi connectivity index (χ0v) is 11.2. The Balaban J connectivity index is 3.49. The Labute approximate surface area is 120 Å². The van der Waals surface area contributed by atoms with Gasteiger partial charge in [-0.2, -0.15) is 18.4 Å². The molecule has 1 aromatic carbocycles. The quantitative estimate of drug-likeness (QED) is 0.366. The highest BCUT2D eigenvalue weighted by atomic mass is 32.2. The molecule has 0 bridgehead atoms. The molecule has 0 radical (unpaired) electrons. The molecular weight excluding hydrogens is 313 g/mol. The Morgan fingerprint density at radius 3 is 2.57 bits per heavy atom. The predicted octanol–water partition coefficient (Wildman–Crippen LogP) is 3.26. The minimum atomic E-state index is -4.69. The summed E-state index contributed by atoms with van der Waals surface area (Å²) in [7, 11) is 0. The fraction of sp³-hybridized carbons (Fsp3) is 0.273. The van der Waals surface area contributed by atoms with Gasteiger partial charge >= 0.3 is 11.5 Å². The third-order valence-electron chi connectivity index (χ3n) is 2.13. The number of hydrogen-bond donors (Lipinski definition) is 0. The van der Waals surface area contributed by atoms with Crippen LogP contribution in [0.3, 0.4) is 0 Å². The van der Waals surface area contributed by atoms with E-state index in [2.05, 4.69) is 4.74 Å². The first-order chi connectivity index (χ1) is 9.69. The van der Waals surface area contributed by atoms with Crippen LogP contribution < -0.4 is 0 Å². The fourth-order valence-corrected chi connectivity index (χ4v) is 2.04. The van der Waals surface area contributed by atoms with E-state index in [1.54, 1.807) is 0 Å². The molecule has 0 spiro atoms. The maximum Gasteiger partial charge on any atom is 0.446 e. The minimum Gasteiger partial charge on any atom is -0.462 e. The van der Waals surface area contributed by atoms with Crippen molar-refractivity contribution in [1.82, 2.24) is 0 Å². The number of hydrogen-bond acceptors (Lipinski definition) is 6. The van der Waals surface area contributed by atoms with E-state index in [-0.39, 0.29) is 6.61 Å². The van der Waals surface area contributed by atoms with Crippen LogP contribution in [0.25, 0.3) is 0 Å². The van der Waals surface area contributed by atoms with Gasteiger partial charge in [0.1, 0.15) is 11.6 Å². The minimum absolute atomic E-state index is 0.0891. The van der Waals surface area contributed by atoms with Crippen molar-refractivity contribution < 1.29 is 27.6 Å². The number of alkyl halides is 3. The van der Waals surface area contributed by atoms with Crippen LogP contribution >= 0.6 is 11.8 Å². The van der Waals surface area contributed by atoms with Gasteiger partial charge in [0, 0.05) is 11.0 Å². The van der Waals surface area contributed by atoms with Gasteiger partial charge in [0.05, 0.1) is 17.1 Å². The third-order valence-corrected chi connectivity index (χ3v) is 2.83. The van der Waals surface area contributed by atoms with Crippen LogP contribution in [0.15, 0.2) is 17.0 Å². The molecule has 1 rings (SSSR count). The van der Waals surface area contributed by atoms with Crippen LogP contribution in [0.5, 0.6) is 0 Å². The van der Waals surface area contributed by atoms with Crippen molar-refractivity contribution in [3.63, 3.8) is 0 Å². The molecule has 0 aliphatic heterocycles. The largest absolute Gasteiger partial charge is 0.462 e. The molecule has 0 saturated carbocycles. The molecule has 6 nitrogen and oxygen atoms in total. The molecule has 0 aliphatic rings. The van der Waals surface area contributed by atoms with Gasteiger partial charge in [-0.25, -0.2) is 4.79 Å². The Hall–Kier alpha value is -2.28. The lowest BCUT2D eigenvalue weighted by Gasteiger charge is -2.09. The summed E-state index contributed by atoms with van der Waals surface area (Å²) in [4.78, 5) is 20.9. The maximum absolute atomic E-state index is 12.3. The second-order valence-electron chi connectivity index (χ2n) is 3.50. The number of carbonyl (C=O) groups is 1. The van der Waals surface area contributed by atoms with Crippen molar-refractivity contribution in [2.75, 3.05) is 6.61 Å². The normalized spacial score (nSPS) is 10.8. The van der Waals surface area contributed by atoms with Gasteiger partial charge in [-0.05, 0) is 24.8 Å². The van der Waals surface area contributed by atoms with Gasteiger partial charge in [0.25, 0.3) is 5.69 Å². The van der Waals surface area contributed by atoms with E-state index >= 15 is 0 Å². The number of nitro benzene ring substituents is 1. The molecule has 0 aliphatic carbocycles. The zero-order valence-electron chi connectivity index (χ0n) is 10.4. The van der Waals surface area contributed by atoms with Crippen molar-refractivity contribution in [1.29, 1.82) is 5.26 Å². The van der Waals surface area contributed by atoms with Crippen LogP contribution in [0.1, 0.15) is 22.8 Å². The predicted molar refractivity (Wildman–Crippen MR) is 65.7 cm³/mol. The number of halogens is 3. The number of nitro groups is 1. The molecule has 10 heteroatoms. The monoisotopic (exact) mass is 320 g/mol. The van der Waals surface area contributed by atoms with Crippen LogP contribution in [-0.4, -0.2) is 23.0 Å². The number of esters is 1. The summed E-state index contributed by atoms with van der Waals surface area (Å²) in [6.07, 6.45) is 0. The number of nitriles is 1. The average molecular weight is 320 g/mol. The molecule has 0 atom stereocenters. The smallest absolute Gasteiger partial charge is 0.446 e. The molecule has 112 valence electrons. The molecular formula is C11H7F3N2O4S. The van der Waals surface area contributed by atoms with Gasteiger partial charge in [0.15, 0.2) is 0 Å². The van der Waals surface area contributed by atoms with Gasteiger partial charge < -0.3 is 4.74 Å². The van der Waals surface area contributed by atoms with E-state index in [4.69, 9.17) is 5.26 Å². The first-order valence-corrected chi connectivity index (χ1v) is 6.16. The molecule has 1 aromatic rings. The van der Waals surface area contributed by atoms with E-state index in [1.807, 2.05) is 0 Å². The molecule has 0 fully saturated rings. The van der Waals surface area contributed by atoms with Gasteiger partial charge in [-0.15, -0.1) is 0 Å². The van der Waals surface area contributed by atoms with Crippen LogP contribution in [0.2, 0.25) is 0 Å². The first kappa shape index (κ1) is 16.8. The van der Waals surface area contributed by atoms with E-state index in [0.29, 0.717) is 6.07 Å². The third kappa shape index (κ3) is 4.35. The van der Waals surface area contributed by atoms with Crippen molar-refractivity contribution in [2.45, 2.75) is 17.3 Å². The number of nitrogens with zero attached hydrogens (tertiary/aromatic N) is 2. The van der Waals surface area contributed by atoms with Crippen molar-refractivity contribution in [3.8, 4) is 6.07 Å². The number of ether oxygens (including phenoxy) is 1. The van der Waals surface area contributed by atoms with Crippen molar-refractivity contribution in [2.24, 2.45) is 0 Å². The summed E-state index contributed by atoms with van der Waals surface area (Å²) >= 11 is -0.620. The van der Waals surface area contributed by atoms with E-state index in [9.17, 15) is 28.1 Å². The van der Waals surface area contributed by atoms with Crippen LogP contribution in [0.4, 0.5) is 18.9 Å². The summed E-state index contributed by atoms with van der Waals surface area (Å²) in [5, 5.41) is 19.7. The molecule has 0 N–H and O–H groups in total. The van der Waals surface area contributed by atoms with Gasteiger partial charge in [-0.1, -0.05) is 0 Å². The Morgan fingerprint density at radius 2 is 2.14 bits per heavy atom.